The van der Waals surface area contributed by atoms with Gasteiger partial charge < -0.3 is 14.4 Å². The summed E-state index contributed by atoms with van der Waals surface area (Å²) in [7, 11) is 5.21. The lowest BCUT2D eigenvalue weighted by molar-refractivity contribution is 0.0601. The van der Waals surface area contributed by atoms with Crippen LogP contribution in [0.25, 0.3) is 0 Å². The molecule has 2 fully saturated rings. The van der Waals surface area contributed by atoms with E-state index in [2.05, 4.69) is 4.90 Å². The number of nitrogens with zero attached hydrogens (tertiary/aromatic N) is 2. The summed E-state index contributed by atoms with van der Waals surface area (Å²) in [5, 5.41) is 0. The molecule has 0 amide bonds. The van der Waals surface area contributed by atoms with Crippen LogP contribution >= 0.6 is 0 Å². The highest BCUT2D eigenvalue weighted by atomic mass is 16.5. The molecule has 1 aliphatic heterocycles. The molecule has 1 saturated carbocycles. The van der Waals surface area contributed by atoms with Crippen LogP contribution in [0.4, 0.5) is 5.69 Å². The van der Waals surface area contributed by atoms with Gasteiger partial charge in [0, 0.05) is 27.2 Å². The van der Waals surface area contributed by atoms with Crippen LogP contribution in [-0.2, 0) is 4.74 Å². The lowest BCUT2D eigenvalue weighted by Gasteiger charge is -2.17. The Kier molecular flexibility index (Phi) is 4.25. The number of ether oxygens (including phenoxy) is 2. The van der Waals surface area contributed by atoms with E-state index >= 15 is 0 Å². The molecule has 0 N–H and O–H groups in total. The van der Waals surface area contributed by atoms with E-state index in [-0.39, 0.29) is 5.97 Å². The minimum Gasteiger partial charge on any atom is -0.492 e. The van der Waals surface area contributed by atoms with E-state index in [1.54, 1.807) is 6.07 Å². The Labute approximate surface area is 131 Å². The van der Waals surface area contributed by atoms with Crippen molar-refractivity contribution in [3.05, 3.63) is 23.8 Å². The summed E-state index contributed by atoms with van der Waals surface area (Å²) in [5.41, 5.74) is 1.37. The molecule has 5 nitrogen and oxygen atoms in total. The average molecular weight is 304 g/mol. The topological polar surface area (TPSA) is 41.8 Å². The Morgan fingerprint density at radius 2 is 2.14 bits per heavy atom. The summed E-state index contributed by atoms with van der Waals surface area (Å²) in [6, 6.07) is 6.12. The van der Waals surface area contributed by atoms with Crippen LogP contribution < -0.4 is 9.64 Å². The highest BCUT2D eigenvalue weighted by Gasteiger charge is 2.38. The number of carbonyl (C=O) groups excluding carboxylic acids is 1. The number of hydrogen-bond donors (Lipinski definition) is 0. The fourth-order valence-corrected chi connectivity index (χ4v) is 2.70. The minimum atomic E-state index is -0.337. The quantitative estimate of drug-likeness (QED) is 0.569. The second kappa shape index (κ2) is 6.16. The van der Waals surface area contributed by atoms with E-state index in [1.807, 2.05) is 31.1 Å². The Bertz CT molecular complexity index is 555. The van der Waals surface area contributed by atoms with E-state index in [1.165, 1.54) is 26.5 Å². The molecule has 2 atom stereocenters. The molecule has 1 aliphatic carbocycles. The van der Waals surface area contributed by atoms with E-state index in [0.717, 1.165) is 23.9 Å². The van der Waals surface area contributed by atoms with Gasteiger partial charge in [-0.2, -0.15) is 0 Å². The van der Waals surface area contributed by atoms with E-state index < -0.39 is 0 Å². The first-order chi connectivity index (χ1) is 10.6. The van der Waals surface area contributed by atoms with Crippen LogP contribution in [0.3, 0.4) is 0 Å². The van der Waals surface area contributed by atoms with Crippen LogP contribution in [0.15, 0.2) is 18.2 Å². The molecule has 2 aliphatic rings. The smallest absolute Gasteiger partial charge is 0.340 e. The molecular weight excluding hydrogens is 280 g/mol. The highest BCUT2D eigenvalue weighted by Crippen LogP contribution is 2.34. The van der Waals surface area contributed by atoms with Crippen LogP contribution in [0.2, 0.25) is 0 Å². The van der Waals surface area contributed by atoms with Gasteiger partial charge in [-0.25, -0.2) is 4.79 Å². The summed E-state index contributed by atoms with van der Waals surface area (Å²) < 4.78 is 10.7. The summed E-state index contributed by atoms with van der Waals surface area (Å²) in [6.45, 7) is 3.05. The van der Waals surface area contributed by atoms with Crippen LogP contribution in [0.1, 0.15) is 23.2 Å². The second-order valence-electron chi connectivity index (χ2n) is 6.43. The third-order valence-corrected chi connectivity index (χ3v) is 4.32. The Hall–Kier alpha value is -1.75. The number of esters is 1. The van der Waals surface area contributed by atoms with Crippen molar-refractivity contribution in [3.63, 3.8) is 0 Å². The van der Waals surface area contributed by atoms with Gasteiger partial charge in [0.25, 0.3) is 0 Å². The molecule has 120 valence electrons. The molecule has 5 heteroatoms. The normalized spacial score (nSPS) is 23.0. The zero-order valence-corrected chi connectivity index (χ0v) is 13.5. The van der Waals surface area contributed by atoms with Crippen molar-refractivity contribution in [1.29, 1.82) is 0 Å². The standard InChI is InChI=1S/C17H24N2O3/c1-18(2)16-7-6-14(8-15(16)17(20)21-3)22-11-13-10-19(13)9-12-4-5-12/h6-8,12-13H,4-5,9-11H2,1-3H3. The summed E-state index contributed by atoms with van der Waals surface area (Å²) in [4.78, 5) is 16.3. The molecule has 0 radical (unpaired) electrons. The van der Waals surface area contributed by atoms with Gasteiger partial charge in [0.15, 0.2) is 0 Å². The maximum Gasteiger partial charge on any atom is 0.340 e. The van der Waals surface area contributed by atoms with Crippen molar-refractivity contribution in [3.8, 4) is 5.75 Å². The van der Waals surface area contributed by atoms with Crippen LogP contribution in [-0.4, -0.2) is 57.8 Å². The number of carbonyl (C=O) groups is 1. The lowest BCUT2D eigenvalue weighted by Crippen LogP contribution is -2.16. The van der Waals surface area contributed by atoms with Gasteiger partial charge in [-0.15, -0.1) is 0 Å². The van der Waals surface area contributed by atoms with Gasteiger partial charge in [0.1, 0.15) is 12.4 Å². The van der Waals surface area contributed by atoms with Crippen molar-refractivity contribution in [1.82, 2.24) is 4.90 Å². The summed E-state index contributed by atoms with van der Waals surface area (Å²) >= 11 is 0. The third kappa shape index (κ3) is 3.53. The Morgan fingerprint density at radius 1 is 1.36 bits per heavy atom. The molecule has 2 unspecified atom stereocenters. The first kappa shape index (κ1) is 15.2. The molecule has 1 saturated heterocycles. The number of anilines is 1. The van der Waals surface area contributed by atoms with Crippen molar-refractivity contribution in [2.24, 2.45) is 5.92 Å². The molecular formula is C17H24N2O3. The summed E-state index contributed by atoms with van der Waals surface area (Å²) in [6.07, 6.45) is 2.77. The first-order valence-electron chi connectivity index (χ1n) is 7.85. The van der Waals surface area contributed by atoms with Gasteiger partial charge in [-0.05, 0) is 37.0 Å². The number of methoxy groups -OCH3 is 1. The summed E-state index contributed by atoms with van der Waals surface area (Å²) in [5.74, 6) is 1.32. The number of rotatable bonds is 7. The predicted molar refractivity (Wildman–Crippen MR) is 85.7 cm³/mol. The predicted octanol–water partition coefficient (Wildman–Crippen LogP) is 2.01. The van der Waals surface area contributed by atoms with Gasteiger partial charge in [-0.1, -0.05) is 0 Å². The van der Waals surface area contributed by atoms with E-state index in [0.29, 0.717) is 18.2 Å². The van der Waals surface area contributed by atoms with Crippen molar-refractivity contribution in [2.75, 3.05) is 45.8 Å². The first-order valence-corrected chi connectivity index (χ1v) is 7.85. The fraction of sp³-hybridized carbons (Fsp3) is 0.588. The van der Waals surface area contributed by atoms with Crippen molar-refractivity contribution >= 4 is 11.7 Å². The van der Waals surface area contributed by atoms with E-state index in [9.17, 15) is 4.79 Å². The SMILES string of the molecule is COC(=O)c1cc(OCC2CN2CC2CC2)ccc1N(C)C. The van der Waals surface area contributed by atoms with Crippen molar-refractivity contribution < 1.29 is 14.3 Å². The van der Waals surface area contributed by atoms with Crippen LogP contribution in [0, 0.1) is 5.92 Å². The van der Waals surface area contributed by atoms with Gasteiger partial charge >= 0.3 is 5.97 Å². The maximum atomic E-state index is 11.9. The molecule has 0 spiro atoms. The number of benzene rings is 1. The van der Waals surface area contributed by atoms with Gasteiger partial charge in [0.2, 0.25) is 0 Å². The zero-order chi connectivity index (χ0) is 15.7. The lowest BCUT2D eigenvalue weighted by atomic mass is 10.1. The van der Waals surface area contributed by atoms with E-state index in [4.69, 9.17) is 9.47 Å². The Morgan fingerprint density at radius 3 is 2.77 bits per heavy atom. The average Bonchev–Trinajstić information content (AvgIpc) is 3.43. The Balaban J connectivity index is 1.60. The maximum absolute atomic E-state index is 11.9. The van der Waals surface area contributed by atoms with Crippen LogP contribution in [0.5, 0.6) is 5.75 Å². The fourth-order valence-electron chi connectivity index (χ4n) is 2.70. The second-order valence-corrected chi connectivity index (χ2v) is 6.43. The molecule has 0 bridgehead atoms. The van der Waals surface area contributed by atoms with Gasteiger partial charge in [-0.3, -0.25) is 4.90 Å². The largest absolute Gasteiger partial charge is 0.492 e. The third-order valence-electron chi connectivity index (χ3n) is 4.32. The molecule has 0 aromatic heterocycles. The van der Waals surface area contributed by atoms with Gasteiger partial charge in [0.05, 0.1) is 24.4 Å². The number of hydrogen-bond acceptors (Lipinski definition) is 5. The zero-order valence-electron chi connectivity index (χ0n) is 13.5. The highest BCUT2D eigenvalue weighted by molar-refractivity contribution is 5.96. The molecule has 3 rings (SSSR count). The van der Waals surface area contributed by atoms with Crippen molar-refractivity contribution in [2.45, 2.75) is 18.9 Å². The minimum absolute atomic E-state index is 0.337. The molecule has 1 aromatic rings. The molecule has 1 heterocycles. The monoisotopic (exact) mass is 304 g/mol. The molecule has 1 aromatic carbocycles. The molecule has 22 heavy (non-hydrogen) atoms.